The third kappa shape index (κ3) is 2.54. The molecule has 0 aliphatic rings. The average Bonchev–Trinajstić information content (AvgIpc) is 2.84. The van der Waals surface area contributed by atoms with Crippen molar-refractivity contribution in [3.8, 4) is 5.75 Å². The lowest BCUT2D eigenvalue weighted by molar-refractivity contribution is 0.215. The zero-order chi connectivity index (χ0) is 12.4. The fraction of sp³-hybridized carbons (Fsp3) is 0.231. The lowest BCUT2D eigenvalue weighted by atomic mass is 10.0. The van der Waals surface area contributed by atoms with Gasteiger partial charge < -0.3 is 9.84 Å². The Morgan fingerprint density at radius 2 is 2.18 bits per heavy atom. The molecule has 4 heteroatoms. The number of rotatable bonds is 3. The summed E-state index contributed by atoms with van der Waals surface area (Å²) in [5.41, 5.74) is 2.76. The Morgan fingerprint density at radius 3 is 2.76 bits per heavy atom. The number of ether oxygens (including phenoxy) is 1. The van der Waals surface area contributed by atoms with E-state index in [1.54, 1.807) is 18.4 Å². The van der Waals surface area contributed by atoms with Gasteiger partial charge in [0, 0.05) is 10.0 Å². The Balaban J connectivity index is 2.47. The standard InChI is InChI=1S/C13H13BrO2S/c1-8-5-12(16-2)10(6-11(8)14)13(15)9-3-4-17-7-9/h3-7,13,15H,1-2H3. The van der Waals surface area contributed by atoms with Gasteiger partial charge in [-0.2, -0.15) is 11.3 Å². The molecule has 0 fully saturated rings. The molecule has 2 aromatic rings. The molecule has 0 aliphatic carbocycles. The first kappa shape index (κ1) is 12.6. The predicted octanol–water partition coefficient (Wildman–Crippen LogP) is 3.91. The van der Waals surface area contributed by atoms with Crippen LogP contribution in [0.15, 0.2) is 33.4 Å². The topological polar surface area (TPSA) is 29.5 Å². The number of benzene rings is 1. The Morgan fingerprint density at radius 1 is 1.41 bits per heavy atom. The van der Waals surface area contributed by atoms with Gasteiger partial charge in [0.05, 0.1) is 7.11 Å². The van der Waals surface area contributed by atoms with Crippen molar-refractivity contribution >= 4 is 27.3 Å². The number of hydrogen-bond donors (Lipinski definition) is 1. The zero-order valence-corrected chi connectivity index (χ0v) is 12.0. The molecule has 17 heavy (non-hydrogen) atoms. The van der Waals surface area contributed by atoms with Crippen molar-refractivity contribution in [3.05, 3.63) is 50.1 Å². The molecule has 0 spiro atoms. The molecule has 0 saturated carbocycles. The maximum atomic E-state index is 10.3. The maximum Gasteiger partial charge on any atom is 0.125 e. The second-order valence-corrected chi connectivity index (χ2v) is 5.44. The molecule has 0 radical (unpaired) electrons. The van der Waals surface area contributed by atoms with Gasteiger partial charge in [0.25, 0.3) is 0 Å². The minimum atomic E-state index is -0.645. The largest absolute Gasteiger partial charge is 0.496 e. The van der Waals surface area contributed by atoms with Crippen molar-refractivity contribution < 1.29 is 9.84 Å². The van der Waals surface area contributed by atoms with Crippen molar-refractivity contribution in [2.45, 2.75) is 13.0 Å². The van der Waals surface area contributed by atoms with Crippen LogP contribution in [-0.2, 0) is 0 Å². The minimum absolute atomic E-state index is 0.645. The molecule has 0 amide bonds. The molecular formula is C13H13BrO2S. The Kier molecular flexibility index (Phi) is 3.86. The van der Waals surface area contributed by atoms with Crippen LogP contribution in [0, 0.1) is 6.92 Å². The van der Waals surface area contributed by atoms with E-state index in [0.717, 1.165) is 21.2 Å². The molecule has 1 heterocycles. The molecule has 0 bridgehead atoms. The Labute approximate surface area is 113 Å². The second-order valence-electron chi connectivity index (χ2n) is 3.80. The number of aryl methyl sites for hydroxylation is 1. The molecule has 1 N–H and O–H groups in total. The summed E-state index contributed by atoms with van der Waals surface area (Å²) >= 11 is 5.05. The normalized spacial score (nSPS) is 12.5. The first-order valence-corrected chi connectivity index (χ1v) is 6.91. The summed E-state index contributed by atoms with van der Waals surface area (Å²) in [5, 5.41) is 14.2. The first-order chi connectivity index (χ1) is 8.13. The molecule has 1 atom stereocenters. The molecule has 2 rings (SSSR count). The van der Waals surface area contributed by atoms with Crippen LogP contribution < -0.4 is 4.74 Å². The third-order valence-corrected chi connectivity index (χ3v) is 4.22. The summed E-state index contributed by atoms with van der Waals surface area (Å²) in [4.78, 5) is 0. The van der Waals surface area contributed by atoms with E-state index in [2.05, 4.69) is 15.9 Å². The van der Waals surface area contributed by atoms with Gasteiger partial charge in [0.1, 0.15) is 11.9 Å². The molecule has 1 aromatic carbocycles. The van der Waals surface area contributed by atoms with Gasteiger partial charge in [0.2, 0.25) is 0 Å². The van der Waals surface area contributed by atoms with Crippen LogP contribution in [0.4, 0.5) is 0 Å². The highest BCUT2D eigenvalue weighted by molar-refractivity contribution is 9.10. The second kappa shape index (κ2) is 5.21. The number of methoxy groups -OCH3 is 1. The number of halogens is 1. The van der Waals surface area contributed by atoms with Gasteiger partial charge in [-0.15, -0.1) is 0 Å². The smallest absolute Gasteiger partial charge is 0.125 e. The highest BCUT2D eigenvalue weighted by atomic mass is 79.9. The SMILES string of the molecule is COc1cc(C)c(Br)cc1C(O)c1ccsc1. The predicted molar refractivity (Wildman–Crippen MR) is 73.8 cm³/mol. The Hall–Kier alpha value is -0.840. The monoisotopic (exact) mass is 312 g/mol. The van der Waals surface area contributed by atoms with Gasteiger partial charge in [-0.1, -0.05) is 15.9 Å². The highest BCUT2D eigenvalue weighted by Gasteiger charge is 2.17. The van der Waals surface area contributed by atoms with E-state index in [0.29, 0.717) is 5.75 Å². The summed E-state index contributed by atoms with van der Waals surface area (Å²) in [6.45, 7) is 1.99. The average molecular weight is 313 g/mol. The van der Waals surface area contributed by atoms with Gasteiger partial charge >= 0.3 is 0 Å². The number of thiophene rings is 1. The fourth-order valence-corrected chi connectivity index (χ4v) is 2.71. The van der Waals surface area contributed by atoms with Crippen LogP contribution >= 0.6 is 27.3 Å². The van der Waals surface area contributed by atoms with Crippen molar-refractivity contribution in [2.75, 3.05) is 7.11 Å². The summed E-state index contributed by atoms with van der Waals surface area (Å²) in [5.74, 6) is 0.712. The number of aliphatic hydroxyl groups is 1. The first-order valence-electron chi connectivity index (χ1n) is 5.17. The van der Waals surface area contributed by atoms with E-state index in [4.69, 9.17) is 4.74 Å². The zero-order valence-electron chi connectivity index (χ0n) is 9.61. The maximum absolute atomic E-state index is 10.3. The van der Waals surface area contributed by atoms with Gasteiger partial charge in [-0.05, 0) is 47.0 Å². The summed E-state index contributed by atoms with van der Waals surface area (Å²) in [7, 11) is 1.62. The third-order valence-electron chi connectivity index (χ3n) is 2.66. The van der Waals surface area contributed by atoms with E-state index in [9.17, 15) is 5.11 Å². The molecular weight excluding hydrogens is 300 g/mol. The van der Waals surface area contributed by atoms with E-state index in [-0.39, 0.29) is 0 Å². The van der Waals surface area contributed by atoms with Crippen LogP contribution in [-0.4, -0.2) is 12.2 Å². The molecule has 1 aromatic heterocycles. The van der Waals surface area contributed by atoms with Crippen molar-refractivity contribution in [1.29, 1.82) is 0 Å². The Bertz CT molecular complexity index is 508. The van der Waals surface area contributed by atoms with Crippen LogP contribution in [0.3, 0.4) is 0 Å². The van der Waals surface area contributed by atoms with Crippen molar-refractivity contribution in [3.63, 3.8) is 0 Å². The van der Waals surface area contributed by atoms with Gasteiger partial charge in [-0.25, -0.2) is 0 Å². The van der Waals surface area contributed by atoms with Crippen LogP contribution in [0.25, 0.3) is 0 Å². The summed E-state index contributed by atoms with van der Waals surface area (Å²) in [6, 6.07) is 5.76. The van der Waals surface area contributed by atoms with E-state index in [1.165, 1.54) is 0 Å². The van der Waals surface area contributed by atoms with E-state index in [1.807, 2.05) is 35.9 Å². The number of aliphatic hydroxyl groups excluding tert-OH is 1. The summed E-state index contributed by atoms with van der Waals surface area (Å²) in [6.07, 6.45) is -0.645. The van der Waals surface area contributed by atoms with E-state index < -0.39 is 6.10 Å². The lowest BCUT2D eigenvalue weighted by Gasteiger charge is -2.15. The van der Waals surface area contributed by atoms with E-state index >= 15 is 0 Å². The highest BCUT2D eigenvalue weighted by Crippen LogP contribution is 2.34. The molecule has 90 valence electrons. The molecule has 1 unspecified atom stereocenters. The van der Waals surface area contributed by atoms with Gasteiger partial charge in [0.15, 0.2) is 0 Å². The number of hydrogen-bond acceptors (Lipinski definition) is 3. The quantitative estimate of drug-likeness (QED) is 0.931. The van der Waals surface area contributed by atoms with Crippen LogP contribution in [0.1, 0.15) is 22.8 Å². The van der Waals surface area contributed by atoms with Crippen LogP contribution in [0.2, 0.25) is 0 Å². The fourth-order valence-electron chi connectivity index (χ4n) is 1.67. The molecule has 2 nitrogen and oxygen atoms in total. The van der Waals surface area contributed by atoms with Crippen molar-refractivity contribution in [1.82, 2.24) is 0 Å². The van der Waals surface area contributed by atoms with Crippen LogP contribution in [0.5, 0.6) is 5.75 Å². The molecule has 0 saturated heterocycles. The minimum Gasteiger partial charge on any atom is -0.496 e. The molecule has 0 aliphatic heterocycles. The van der Waals surface area contributed by atoms with Gasteiger partial charge in [-0.3, -0.25) is 0 Å². The summed E-state index contributed by atoms with van der Waals surface area (Å²) < 4.78 is 6.30. The lowest BCUT2D eigenvalue weighted by Crippen LogP contribution is -2.02. The van der Waals surface area contributed by atoms with Crippen molar-refractivity contribution in [2.24, 2.45) is 0 Å².